The Labute approximate surface area is 190 Å². The Balaban J connectivity index is 1.68. The monoisotopic (exact) mass is 446 g/mol. The number of amides is 1. The third kappa shape index (κ3) is 3.26. The van der Waals surface area contributed by atoms with Gasteiger partial charge in [-0.15, -0.1) is 11.3 Å². The van der Waals surface area contributed by atoms with Crippen molar-refractivity contribution >= 4 is 40.2 Å². The normalized spacial score (nSPS) is 19.8. The predicted molar refractivity (Wildman–Crippen MR) is 125 cm³/mol. The van der Waals surface area contributed by atoms with Crippen LogP contribution in [0.1, 0.15) is 22.0 Å². The van der Waals surface area contributed by atoms with Crippen molar-refractivity contribution < 1.29 is 19.4 Å². The number of aryl methyl sites for hydroxylation is 1. The molecule has 7 heteroatoms. The summed E-state index contributed by atoms with van der Waals surface area (Å²) in [4.78, 5) is 30.7. The van der Waals surface area contributed by atoms with E-state index < -0.39 is 17.7 Å². The first-order chi connectivity index (χ1) is 15.5. The molecule has 6 nitrogen and oxygen atoms in total. The minimum absolute atomic E-state index is 0.0956. The Morgan fingerprint density at radius 1 is 1.12 bits per heavy atom. The van der Waals surface area contributed by atoms with E-state index >= 15 is 0 Å². The second kappa shape index (κ2) is 7.84. The summed E-state index contributed by atoms with van der Waals surface area (Å²) in [5.74, 6) is -0.789. The van der Waals surface area contributed by atoms with Gasteiger partial charge in [0.1, 0.15) is 24.2 Å². The topological polar surface area (TPSA) is 70.1 Å². The van der Waals surface area contributed by atoms with Crippen LogP contribution in [0.3, 0.4) is 0 Å². The minimum Gasteiger partial charge on any atom is -0.507 e. The zero-order chi connectivity index (χ0) is 22.4. The van der Waals surface area contributed by atoms with Crippen molar-refractivity contribution in [3.63, 3.8) is 0 Å². The summed E-state index contributed by atoms with van der Waals surface area (Å²) in [6.07, 6.45) is 0. The molecule has 3 heterocycles. The molecule has 32 heavy (non-hydrogen) atoms. The van der Waals surface area contributed by atoms with Crippen molar-refractivity contribution in [2.75, 3.05) is 30.0 Å². The van der Waals surface area contributed by atoms with Gasteiger partial charge in [0.25, 0.3) is 11.7 Å². The standard InChI is InChI=1S/C25H22N2O4S/c1-15-5-3-6-17(13-15)27-22(20-7-4-12-32-20)21(24(29)25(27)30)23(28)16-8-9-19-18(14-16)26(2)10-11-31-19/h3-9,12-14,22,28H,10-11H2,1-2H3/b23-21-. The highest BCUT2D eigenvalue weighted by Gasteiger charge is 2.47. The fraction of sp³-hybridized carbons (Fsp3) is 0.200. The summed E-state index contributed by atoms with van der Waals surface area (Å²) < 4.78 is 5.69. The van der Waals surface area contributed by atoms with Crippen LogP contribution < -0.4 is 14.5 Å². The first-order valence-corrected chi connectivity index (χ1v) is 11.2. The second-order valence-electron chi connectivity index (χ2n) is 7.98. The van der Waals surface area contributed by atoms with E-state index in [-0.39, 0.29) is 11.3 Å². The molecule has 0 bridgehead atoms. The maximum absolute atomic E-state index is 13.2. The van der Waals surface area contributed by atoms with Crippen LogP contribution in [0.2, 0.25) is 0 Å². The third-order valence-electron chi connectivity index (χ3n) is 5.86. The van der Waals surface area contributed by atoms with Crippen LogP contribution in [-0.2, 0) is 9.59 Å². The molecule has 3 aromatic rings. The van der Waals surface area contributed by atoms with Gasteiger partial charge in [0.15, 0.2) is 0 Å². The van der Waals surface area contributed by atoms with Crippen molar-refractivity contribution in [3.05, 3.63) is 81.6 Å². The number of carbonyl (C=O) groups is 2. The molecule has 1 unspecified atom stereocenters. The van der Waals surface area contributed by atoms with Crippen molar-refractivity contribution in [2.45, 2.75) is 13.0 Å². The number of anilines is 2. The van der Waals surface area contributed by atoms with E-state index in [1.165, 1.54) is 16.2 Å². The third-order valence-corrected chi connectivity index (χ3v) is 6.79. The molecular formula is C25H22N2O4S. The number of benzene rings is 2. The lowest BCUT2D eigenvalue weighted by atomic mass is 9.99. The average molecular weight is 447 g/mol. The van der Waals surface area contributed by atoms with E-state index in [0.29, 0.717) is 17.9 Å². The second-order valence-corrected chi connectivity index (χ2v) is 8.96. The number of rotatable bonds is 3. The molecular weight excluding hydrogens is 424 g/mol. The number of aliphatic hydroxyl groups is 1. The first kappa shape index (κ1) is 20.3. The Morgan fingerprint density at radius 3 is 2.72 bits per heavy atom. The molecule has 2 aliphatic rings. The summed E-state index contributed by atoms with van der Waals surface area (Å²) in [5.41, 5.74) is 3.01. The number of Topliss-reactive ketones (excluding diaryl/α,β-unsaturated/α-hetero) is 1. The van der Waals surface area contributed by atoms with E-state index in [1.807, 2.05) is 60.6 Å². The lowest BCUT2D eigenvalue weighted by molar-refractivity contribution is -0.132. The van der Waals surface area contributed by atoms with Crippen LogP contribution in [0.4, 0.5) is 11.4 Å². The maximum atomic E-state index is 13.2. The van der Waals surface area contributed by atoms with Gasteiger partial charge in [0.05, 0.1) is 17.8 Å². The van der Waals surface area contributed by atoms with Crippen molar-refractivity contribution in [1.82, 2.24) is 0 Å². The van der Waals surface area contributed by atoms with Crippen molar-refractivity contribution in [3.8, 4) is 5.75 Å². The fourth-order valence-electron chi connectivity index (χ4n) is 4.25. The maximum Gasteiger partial charge on any atom is 0.300 e. The Kier molecular flexibility index (Phi) is 4.98. The van der Waals surface area contributed by atoms with Gasteiger partial charge in [-0.3, -0.25) is 14.5 Å². The molecule has 0 saturated carbocycles. The largest absolute Gasteiger partial charge is 0.507 e. The number of hydrogen-bond acceptors (Lipinski definition) is 6. The van der Waals surface area contributed by atoms with Gasteiger partial charge < -0.3 is 14.7 Å². The molecule has 1 aromatic heterocycles. The van der Waals surface area contributed by atoms with E-state index in [1.54, 1.807) is 18.2 Å². The zero-order valence-electron chi connectivity index (χ0n) is 17.7. The predicted octanol–water partition coefficient (Wildman–Crippen LogP) is 4.51. The van der Waals surface area contributed by atoms with Crippen molar-refractivity contribution in [1.29, 1.82) is 0 Å². The number of fused-ring (bicyclic) bond motifs is 1. The number of ether oxygens (including phenoxy) is 1. The summed E-state index contributed by atoms with van der Waals surface area (Å²) >= 11 is 1.45. The number of carbonyl (C=O) groups excluding carboxylic acids is 2. The highest BCUT2D eigenvalue weighted by atomic mass is 32.1. The number of ketones is 1. The summed E-state index contributed by atoms with van der Waals surface area (Å²) in [5, 5.41) is 13.2. The van der Waals surface area contributed by atoms with Gasteiger partial charge in [-0.1, -0.05) is 18.2 Å². The van der Waals surface area contributed by atoms with Crippen molar-refractivity contribution in [2.24, 2.45) is 0 Å². The van der Waals surface area contributed by atoms with Crippen LogP contribution in [0.5, 0.6) is 5.75 Å². The SMILES string of the molecule is Cc1cccc(N2C(=O)C(=O)/C(=C(\O)c3ccc4c(c3)N(C)CCO4)C2c2cccs2)c1. The quantitative estimate of drug-likeness (QED) is 0.364. The molecule has 1 fully saturated rings. The Morgan fingerprint density at radius 2 is 1.97 bits per heavy atom. The zero-order valence-corrected chi connectivity index (χ0v) is 18.6. The van der Waals surface area contributed by atoms with Gasteiger partial charge in [0.2, 0.25) is 0 Å². The van der Waals surface area contributed by atoms with Gasteiger partial charge in [-0.05, 0) is 54.3 Å². The molecule has 2 aliphatic heterocycles. The first-order valence-electron chi connectivity index (χ1n) is 10.3. The molecule has 0 spiro atoms. The van der Waals surface area contributed by atoms with Gasteiger partial charge in [-0.2, -0.15) is 0 Å². The van der Waals surface area contributed by atoms with Crippen LogP contribution in [-0.4, -0.2) is 37.0 Å². The molecule has 1 amide bonds. The summed E-state index contributed by atoms with van der Waals surface area (Å²) in [6, 6.07) is 15.8. The van der Waals surface area contributed by atoms with Crippen LogP contribution in [0, 0.1) is 6.92 Å². The highest BCUT2D eigenvalue weighted by Crippen LogP contribution is 2.44. The number of nitrogens with zero attached hydrogens (tertiary/aromatic N) is 2. The number of hydrogen-bond donors (Lipinski definition) is 1. The minimum atomic E-state index is -0.693. The molecule has 2 aromatic carbocycles. The Hall–Kier alpha value is -3.58. The summed E-state index contributed by atoms with van der Waals surface area (Å²) in [7, 11) is 1.95. The van der Waals surface area contributed by atoms with Crippen LogP contribution >= 0.6 is 11.3 Å². The highest BCUT2D eigenvalue weighted by molar-refractivity contribution is 7.10. The van der Waals surface area contributed by atoms with E-state index in [2.05, 4.69) is 0 Å². The lowest BCUT2D eigenvalue weighted by Gasteiger charge is -2.28. The lowest BCUT2D eigenvalue weighted by Crippen LogP contribution is -2.29. The molecule has 0 aliphatic carbocycles. The number of thiophene rings is 1. The molecule has 0 radical (unpaired) electrons. The van der Waals surface area contributed by atoms with Crippen LogP contribution in [0.15, 0.2) is 65.6 Å². The van der Waals surface area contributed by atoms with E-state index in [9.17, 15) is 14.7 Å². The molecule has 162 valence electrons. The smallest absolute Gasteiger partial charge is 0.300 e. The molecule has 1 atom stereocenters. The average Bonchev–Trinajstić information content (AvgIpc) is 3.40. The number of aliphatic hydroxyl groups excluding tert-OH is 1. The molecule has 5 rings (SSSR count). The van der Waals surface area contributed by atoms with E-state index in [4.69, 9.17) is 4.74 Å². The molecule has 1 N–H and O–H groups in total. The number of likely N-dealkylation sites (N-methyl/N-ethyl adjacent to an activating group) is 1. The molecule has 1 saturated heterocycles. The fourth-order valence-corrected chi connectivity index (χ4v) is 5.07. The van der Waals surface area contributed by atoms with Crippen LogP contribution in [0.25, 0.3) is 5.76 Å². The van der Waals surface area contributed by atoms with E-state index in [0.717, 1.165) is 28.4 Å². The summed E-state index contributed by atoms with van der Waals surface area (Å²) in [6.45, 7) is 3.25. The van der Waals surface area contributed by atoms with Gasteiger partial charge in [-0.25, -0.2) is 0 Å². The van der Waals surface area contributed by atoms with Gasteiger partial charge in [0, 0.05) is 23.2 Å². The van der Waals surface area contributed by atoms with Gasteiger partial charge >= 0.3 is 0 Å². The Bertz CT molecular complexity index is 1250.